The van der Waals surface area contributed by atoms with Gasteiger partial charge >= 0.3 is 17.9 Å². The Labute approximate surface area is 406 Å². The maximum atomic E-state index is 13.9. The zero-order valence-corrected chi connectivity index (χ0v) is 40.7. The number of hydrogen-bond acceptors (Lipinski definition) is 15. The Morgan fingerprint density at radius 3 is 2.39 bits per heavy atom. The van der Waals surface area contributed by atoms with E-state index in [9.17, 15) is 34.2 Å². The zero-order chi connectivity index (χ0) is 50.0. The van der Waals surface area contributed by atoms with Crippen molar-refractivity contribution in [2.75, 3.05) is 20.7 Å². The number of esters is 2. The number of aromatic nitrogens is 4. The van der Waals surface area contributed by atoms with Crippen LogP contribution < -0.4 is 20.2 Å². The average molecular weight is 977 g/mol. The van der Waals surface area contributed by atoms with Gasteiger partial charge in [0.05, 0.1) is 29.3 Å². The minimum absolute atomic E-state index is 0.0291. The normalized spacial score (nSPS) is 21.6. The van der Waals surface area contributed by atoms with Crippen LogP contribution in [0.15, 0.2) is 72.9 Å². The number of rotatable bonds is 17. The number of carbonyl (C=O) groups excluding carboxylic acids is 5. The van der Waals surface area contributed by atoms with Gasteiger partial charge in [-0.1, -0.05) is 74.0 Å². The minimum atomic E-state index is -1.25. The molecule has 0 saturated carbocycles. The molecule has 6 rings (SSSR count). The molecule has 4 N–H and O–H groups in total. The fourth-order valence-corrected chi connectivity index (χ4v) is 8.11. The Bertz CT molecular complexity index is 2450. The number of ether oxygens (including phenoxy) is 4. The Kier molecular flexibility index (Phi) is 17.5. The van der Waals surface area contributed by atoms with Gasteiger partial charge in [0.2, 0.25) is 23.6 Å². The van der Waals surface area contributed by atoms with Crippen LogP contribution in [-0.2, 0) is 64.2 Å². The number of epoxide rings is 1. The molecule has 4 aromatic rings. The maximum absolute atomic E-state index is 13.9. The van der Waals surface area contributed by atoms with Crippen molar-refractivity contribution in [3.05, 3.63) is 100 Å². The molecule has 0 aliphatic carbocycles. The highest BCUT2D eigenvalue weighted by molar-refractivity contribution is 6.32. The second-order valence-corrected chi connectivity index (χ2v) is 19.1. The van der Waals surface area contributed by atoms with Crippen molar-refractivity contribution in [3.8, 4) is 17.5 Å². The molecule has 1 saturated heterocycles. The fraction of sp³-hybridized carbons (Fsp3) is 0.490. The topological polar surface area (TPSA) is 238 Å². The lowest BCUT2D eigenvalue weighted by Gasteiger charge is -2.29. The predicted octanol–water partition coefficient (Wildman–Crippen LogP) is 5.00. The number of aromatic hydroxyl groups is 2. The van der Waals surface area contributed by atoms with Gasteiger partial charge in [-0.3, -0.25) is 24.0 Å². The largest absolute Gasteiger partial charge is 0.495 e. The molecule has 0 radical (unpaired) electrons. The van der Waals surface area contributed by atoms with Crippen LogP contribution in [0.1, 0.15) is 88.8 Å². The Morgan fingerprint density at radius 1 is 1.00 bits per heavy atom. The lowest BCUT2D eigenvalue weighted by atomic mass is 9.92. The van der Waals surface area contributed by atoms with E-state index in [2.05, 4.69) is 25.8 Å². The first-order valence-electron chi connectivity index (χ1n) is 22.9. The Hall–Kier alpha value is -6.44. The predicted molar refractivity (Wildman–Crippen MR) is 250 cm³/mol. The van der Waals surface area contributed by atoms with Crippen molar-refractivity contribution in [2.24, 2.45) is 17.3 Å². The van der Waals surface area contributed by atoms with Gasteiger partial charge in [0.15, 0.2) is 6.10 Å². The standard InChI is InChI=1S/C49H62ClN7O12/c1-29(2)22-39-47(63)66-37(10-8-11-40(58)52-36(24-32-15-18-38(65-7)35(50)23-32)46(62)51-28-49(4,5)48(64)67-39)30(3)44-45(68-44)33-16-13-31(14-17-33)25-55(6)26-34-27-56(54-53-34)21-9-12-43(61)69-57-41(59)19-20-42(57)60/h8,11,13-20,23,27,29-30,36-37,39,44-45,59-60H,9-10,12,21-22,24-26,28H2,1-7H3,(H,51,62)(H,52,58)/t30-,36+,37-,39-,44+,45+/m0/s1. The van der Waals surface area contributed by atoms with Gasteiger partial charge in [0, 0.05) is 69.7 Å². The third-order valence-corrected chi connectivity index (χ3v) is 12.1. The van der Waals surface area contributed by atoms with Crippen LogP contribution in [0.4, 0.5) is 0 Å². The van der Waals surface area contributed by atoms with Crippen molar-refractivity contribution in [3.63, 3.8) is 0 Å². The van der Waals surface area contributed by atoms with E-state index in [1.165, 1.54) is 25.3 Å². The highest BCUT2D eigenvalue weighted by atomic mass is 35.5. The van der Waals surface area contributed by atoms with Gasteiger partial charge in [0.1, 0.15) is 24.0 Å². The number of nitrogens with zero attached hydrogens (tertiary/aromatic N) is 5. The molecule has 2 aliphatic rings. The van der Waals surface area contributed by atoms with Gasteiger partial charge in [-0.15, -0.1) is 9.83 Å². The van der Waals surface area contributed by atoms with Crippen molar-refractivity contribution in [2.45, 2.75) is 117 Å². The monoisotopic (exact) mass is 975 g/mol. The molecule has 69 heavy (non-hydrogen) atoms. The Balaban J connectivity index is 1.07. The molecule has 372 valence electrons. The first-order chi connectivity index (χ1) is 32.8. The molecule has 2 amide bonds. The summed E-state index contributed by atoms with van der Waals surface area (Å²) in [5, 5.41) is 33.7. The van der Waals surface area contributed by atoms with E-state index in [0.717, 1.165) is 16.8 Å². The van der Waals surface area contributed by atoms with E-state index in [0.29, 0.717) is 47.1 Å². The van der Waals surface area contributed by atoms with Crippen molar-refractivity contribution in [1.82, 2.24) is 35.3 Å². The number of benzene rings is 2. The van der Waals surface area contributed by atoms with Gasteiger partial charge < -0.3 is 44.6 Å². The van der Waals surface area contributed by atoms with Crippen molar-refractivity contribution in [1.29, 1.82) is 0 Å². The first-order valence-corrected chi connectivity index (χ1v) is 23.3. The molecule has 4 heterocycles. The van der Waals surface area contributed by atoms with Crippen LogP contribution in [0.25, 0.3) is 0 Å². The second-order valence-electron chi connectivity index (χ2n) is 18.7. The van der Waals surface area contributed by atoms with E-state index in [-0.39, 0.29) is 68.0 Å². The third kappa shape index (κ3) is 14.5. The molecule has 19 nitrogen and oxygen atoms in total. The molecule has 20 heteroatoms. The van der Waals surface area contributed by atoms with Crippen LogP contribution in [0, 0.1) is 17.3 Å². The Morgan fingerprint density at radius 2 is 1.71 bits per heavy atom. The number of hydrogen-bond donors (Lipinski definition) is 4. The highest BCUT2D eigenvalue weighted by Crippen LogP contribution is 2.45. The smallest absolute Gasteiger partial charge is 0.347 e. The lowest BCUT2D eigenvalue weighted by molar-refractivity contribution is -0.179. The summed E-state index contributed by atoms with van der Waals surface area (Å²) in [4.78, 5) is 73.8. The van der Waals surface area contributed by atoms with Crippen LogP contribution in [0.3, 0.4) is 0 Å². The van der Waals surface area contributed by atoms with Crippen LogP contribution in [-0.4, -0.2) is 110 Å². The number of halogens is 1. The van der Waals surface area contributed by atoms with Gasteiger partial charge in [-0.25, -0.2) is 9.59 Å². The van der Waals surface area contributed by atoms with Crippen LogP contribution >= 0.6 is 11.6 Å². The van der Waals surface area contributed by atoms with Gasteiger partial charge in [0.25, 0.3) is 0 Å². The van der Waals surface area contributed by atoms with Gasteiger partial charge in [-0.2, -0.15) is 0 Å². The molecule has 6 atom stereocenters. The number of methoxy groups -OCH3 is 1. The molecule has 1 fully saturated rings. The summed E-state index contributed by atoms with van der Waals surface area (Å²) in [6.45, 7) is 10.3. The molecule has 2 aromatic heterocycles. The summed E-state index contributed by atoms with van der Waals surface area (Å²) in [5.41, 5.74) is 2.16. The molecule has 2 aliphatic heterocycles. The fourth-order valence-electron chi connectivity index (χ4n) is 7.83. The van der Waals surface area contributed by atoms with E-state index < -0.39 is 53.4 Å². The summed E-state index contributed by atoms with van der Waals surface area (Å²) in [6, 6.07) is 14.5. The van der Waals surface area contributed by atoms with Crippen molar-refractivity contribution < 1.29 is 58.0 Å². The number of nitrogens with one attached hydrogen (secondary N) is 2. The lowest BCUT2D eigenvalue weighted by Crippen LogP contribution is -2.51. The SMILES string of the molecule is COc1ccc(C[C@H]2NC(=O)C=CC[C@@H]([C@H](C)[C@H]3O[C@@H]3c3ccc(CN(C)Cc4cn(CCCC(=O)On5c(O)ccc5O)nn4)cc3)OC(=O)[C@H](CC(C)C)OC(=O)C(C)(C)CNC2=O)cc1Cl. The highest BCUT2D eigenvalue weighted by Gasteiger charge is 2.48. The summed E-state index contributed by atoms with van der Waals surface area (Å²) >= 11 is 6.37. The molecular weight excluding hydrogens is 914 g/mol. The summed E-state index contributed by atoms with van der Waals surface area (Å²) in [7, 11) is 3.46. The molecule has 0 unspecified atom stereocenters. The number of amides is 2. The minimum Gasteiger partial charge on any atom is -0.495 e. The van der Waals surface area contributed by atoms with E-state index in [1.54, 1.807) is 42.8 Å². The maximum Gasteiger partial charge on any atom is 0.347 e. The molecule has 0 spiro atoms. The average Bonchev–Trinajstić information content (AvgIpc) is 3.88. The molecule has 2 aromatic carbocycles. The zero-order valence-electron chi connectivity index (χ0n) is 39.9. The third-order valence-electron chi connectivity index (χ3n) is 11.8. The summed E-state index contributed by atoms with van der Waals surface area (Å²) < 4.78 is 25.8. The number of carbonyl (C=O) groups is 5. The van der Waals surface area contributed by atoms with Crippen LogP contribution in [0.2, 0.25) is 5.02 Å². The summed E-state index contributed by atoms with van der Waals surface area (Å²) in [6.07, 6.45) is 3.00. The van der Waals surface area contributed by atoms with Gasteiger partial charge in [-0.05, 0) is 74.6 Å². The quantitative estimate of drug-likeness (QED) is 0.0805. The summed E-state index contributed by atoms with van der Waals surface area (Å²) in [5.74, 6) is -3.78. The first kappa shape index (κ1) is 51.9. The molecule has 0 bridgehead atoms. The molecular formula is C49H62ClN7O12. The number of cyclic esters (lactones) is 2. The van der Waals surface area contributed by atoms with E-state index in [4.69, 9.17) is 35.4 Å². The van der Waals surface area contributed by atoms with Crippen LogP contribution in [0.5, 0.6) is 17.5 Å². The second kappa shape index (κ2) is 23.2. The van der Waals surface area contributed by atoms with Crippen molar-refractivity contribution >= 4 is 41.3 Å². The number of aryl methyl sites for hydroxylation is 1. The van der Waals surface area contributed by atoms with E-state index in [1.807, 2.05) is 58.3 Å². The van der Waals surface area contributed by atoms with E-state index >= 15 is 0 Å².